The maximum absolute atomic E-state index is 13.1. The largest absolute Gasteiger partial charge is 0.497 e. The number of benzene rings is 2. The van der Waals surface area contributed by atoms with Crippen LogP contribution in [0.25, 0.3) is 0 Å². The highest BCUT2D eigenvalue weighted by atomic mass is 35.5. The number of halogens is 4. The molecule has 3 nitrogen and oxygen atoms in total. The first-order valence-electron chi connectivity index (χ1n) is 8.73. The van der Waals surface area contributed by atoms with E-state index in [1.165, 1.54) is 12.1 Å². The minimum atomic E-state index is -4.53. The lowest BCUT2D eigenvalue weighted by Crippen LogP contribution is -2.42. The van der Waals surface area contributed by atoms with Gasteiger partial charge in [-0.15, -0.1) is 0 Å². The molecule has 0 aromatic heterocycles. The molecule has 0 fully saturated rings. The molecule has 1 atom stereocenters. The summed E-state index contributed by atoms with van der Waals surface area (Å²) in [5, 5.41) is 2.91. The van der Waals surface area contributed by atoms with E-state index in [0.29, 0.717) is 11.7 Å². The Balaban J connectivity index is 2.10. The van der Waals surface area contributed by atoms with Crippen LogP contribution in [-0.2, 0) is 12.6 Å². The van der Waals surface area contributed by atoms with Crippen molar-refractivity contribution in [2.45, 2.75) is 32.5 Å². The number of hydrogen-bond acceptors (Lipinski definition) is 2. The van der Waals surface area contributed by atoms with E-state index in [-0.39, 0.29) is 16.8 Å². The van der Waals surface area contributed by atoms with Crippen LogP contribution in [0.1, 0.15) is 25.0 Å². The topological polar surface area (TPSA) is 24.5 Å². The zero-order chi connectivity index (χ0) is 20.9. The maximum atomic E-state index is 13.1. The predicted octanol–water partition coefficient (Wildman–Crippen LogP) is 6.02. The number of hydrogen-bond donors (Lipinski definition) is 1. The first-order valence-corrected chi connectivity index (χ1v) is 9.51. The van der Waals surface area contributed by atoms with Gasteiger partial charge in [-0.25, -0.2) is 0 Å². The zero-order valence-corrected chi connectivity index (χ0v) is 17.4. The molecular weight excluding hydrogens is 409 g/mol. The Morgan fingerprint density at radius 1 is 1.21 bits per heavy atom. The number of likely N-dealkylation sites (N-methyl/N-ethyl adjacent to an activating group) is 1. The standard InChI is InChI=1S/C20H22ClF3N2OS/c1-4-26(13(2)11-14-5-8-16(27-3)9-6-14)19(28)25-15-7-10-18(21)17(12-15)20(22,23)24/h5-10,12-13H,4,11H2,1-3H3,(H,25,28). The van der Waals surface area contributed by atoms with Gasteiger partial charge in [-0.1, -0.05) is 23.7 Å². The van der Waals surface area contributed by atoms with E-state index in [2.05, 4.69) is 5.32 Å². The van der Waals surface area contributed by atoms with Crippen molar-refractivity contribution in [1.82, 2.24) is 4.90 Å². The van der Waals surface area contributed by atoms with E-state index in [9.17, 15) is 13.2 Å². The minimum absolute atomic E-state index is 0.0489. The molecule has 2 aromatic rings. The van der Waals surface area contributed by atoms with Crippen molar-refractivity contribution in [2.75, 3.05) is 19.0 Å². The van der Waals surface area contributed by atoms with Crippen molar-refractivity contribution in [3.63, 3.8) is 0 Å². The van der Waals surface area contributed by atoms with Crippen molar-refractivity contribution < 1.29 is 17.9 Å². The van der Waals surface area contributed by atoms with Gasteiger partial charge in [-0.2, -0.15) is 13.2 Å². The summed E-state index contributed by atoms with van der Waals surface area (Å²) in [6.45, 7) is 4.58. The Labute approximate surface area is 173 Å². The SMILES string of the molecule is CCN(C(=S)Nc1ccc(Cl)c(C(F)(F)F)c1)C(C)Cc1ccc(OC)cc1. The van der Waals surface area contributed by atoms with E-state index in [4.69, 9.17) is 28.6 Å². The van der Waals surface area contributed by atoms with Gasteiger partial charge in [0.1, 0.15) is 5.75 Å². The van der Waals surface area contributed by atoms with Crippen LogP contribution in [0.3, 0.4) is 0 Å². The Kier molecular flexibility index (Phi) is 7.55. The minimum Gasteiger partial charge on any atom is -0.497 e. The number of ether oxygens (including phenoxy) is 1. The van der Waals surface area contributed by atoms with Crippen LogP contribution < -0.4 is 10.1 Å². The van der Waals surface area contributed by atoms with Crippen molar-refractivity contribution in [2.24, 2.45) is 0 Å². The van der Waals surface area contributed by atoms with Crippen molar-refractivity contribution in [1.29, 1.82) is 0 Å². The molecule has 2 aromatic carbocycles. The smallest absolute Gasteiger partial charge is 0.417 e. The Morgan fingerprint density at radius 2 is 1.86 bits per heavy atom. The fourth-order valence-corrected chi connectivity index (χ4v) is 3.54. The zero-order valence-electron chi connectivity index (χ0n) is 15.8. The molecule has 0 aliphatic heterocycles. The van der Waals surface area contributed by atoms with Crippen LogP contribution in [0.15, 0.2) is 42.5 Å². The molecule has 2 rings (SSSR count). The lowest BCUT2D eigenvalue weighted by molar-refractivity contribution is -0.137. The highest BCUT2D eigenvalue weighted by Crippen LogP contribution is 2.36. The molecule has 0 amide bonds. The molecule has 1 unspecified atom stereocenters. The van der Waals surface area contributed by atoms with Gasteiger partial charge >= 0.3 is 6.18 Å². The third-order valence-corrected chi connectivity index (χ3v) is 5.01. The van der Waals surface area contributed by atoms with Gasteiger partial charge in [0.05, 0.1) is 17.7 Å². The number of nitrogens with one attached hydrogen (secondary N) is 1. The first kappa shape index (κ1) is 22.3. The number of alkyl halides is 3. The summed E-state index contributed by atoms with van der Waals surface area (Å²) >= 11 is 11.1. The van der Waals surface area contributed by atoms with Gasteiger partial charge < -0.3 is 15.0 Å². The van der Waals surface area contributed by atoms with Gasteiger partial charge in [0.2, 0.25) is 0 Å². The predicted molar refractivity (Wildman–Crippen MR) is 111 cm³/mol. The van der Waals surface area contributed by atoms with Crippen LogP contribution in [0, 0.1) is 0 Å². The van der Waals surface area contributed by atoms with Crippen LogP contribution >= 0.6 is 23.8 Å². The van der Waals surface area contributed by atoms with E-state index in [0.717, 1.165) is 23.8 Å². The third kappa shape index (κ3) is 5.75. The van der Waals surface area contributed by atoms with Gasteiger partial charge in [0, 0.05) is 18.3 Å². The average Bonchev–Trinajstić information content (AvgIpc) is 2.63. The summed E-state index contributed by atoms with van der Waals surface area (Å²) in [7, 11) is 1.61. The summed E-state index contributed by atoms with van der Waals surface area (Å²) in [6.07, 6.45) is -3.80. The maximum Gasteiger partial charge on any atom is 0.417 e. The molecule has 0 spiro atoms. The molecule has 1 N–H and O–H groups in total. The Morgan fingerprint density at radius 3 is 2.39 bits per heavy atom. The summed E-state index contributed by atoms with van der Waals surface area (Å²) in [5.41, 5.74) is 0.466. The fraction of sp³-hybridized carbons (Fsp3) is 0.350. The van der Waals surface area contributed by atoms with E-state index in [1.807, 2.05) is 43.0 Å². The first-order chi connectivity index (χ1) is 13.2. The average molecular weight is 431 g/mol. The molecule has 0 saturated carbocycles. The normalized spacial score (nSPS) is 12.4. The lowest BCUT2D eigenvalue weighted by atomic mass is 10.1. The van der Waals surface area contributed by atoms with E-state index in [1.54, 1.807) is 7.11 Å². The van der Waals surface area contributed by atoms with Crippen LogP contribution in [0.2, 0.25) is 5.02 Å². The number of methoxy groups -OCH3 is 1. The van der Waals surface area contributed by atoms with Gasteiger partial charge in [0.15, 0.2) is 5.11 Å². The van der Waals surface area contributed by atoms with Crippen LogP contribution in [0.5, 0.6) is 5.75 Å². The number of nitrogens with zero attached hydrogens (tertiary/aromatic N) is 1. The Hall–Kier alpha value is -1.99. The quantitative estimate of drug-likeness (QED) is 0.566. The number of rotatable bonds is 6. The highest BCUT2D eigenvalue weighted by molar-refractivity contribution is 7.80. The van der Waals surface area contributed by atoms with Crippen molar-refractivity contribution in [3.8, 4) is 5.75 Å². The second-order valence-electron chi connectivity index (χ2n) is 6.31. The molecule has 8 heteroatoms. The molecule has 28 heavy (non-hydrogen) atoms. The molecule has 0 radical (unpaired) electrons. The lowest BCUT2D eigenvalue weighted by Gasteiger charge is -2.31. The van der Waals surface area contributed by atoms with Crippen LogP contribution in [-0.4, -0.2) is 29.7 Å². The molecule has 0 aliphatic rings. The van der Waals surface area contributed by atoms with Gasteiger partial charge in [-0.3, -0.25) is 0 Å². The summed E-state index contributed by atoms with van der Waals surface area (Å²) in [4.78, 5) is 1.93. The van der Waals surface area contributed by atoms with E-state index < -0.39 is 11.7 Å². The number of anilines is 1. The Bertz CT molecular complexity index is 812. The second-order valence-corrected chi connectivity index (χ2v) is 7.10. The van der Waals surface area contributed by atoms with E-state index >= 15 is 0 Å². The molecular formula is C20H22ClF3N2OS. The highest BCUT2D eigenvalue weighted by Gasteiger charge is 2.33. The second kappa shape index (κ2) is 9.47. The molecule has 0 bridgehead atoms. The summed E-state index contributed by atoms with van der Waals surface area (Å²) in [6, 6.07) is 11.5. The summed E-state index contributed by atoms with van der Waals surface area (Å²) < 4.78 is 44.3. The molecule has 0 aliphatic carbocycles. The van der Waals surface area contributed by atoms with Gasteiger partial charge in [0.25, 0.3) is 0 Å². The monoisotopic (exact) mass is 430 g/mol. The van der Waals surface area contributed by atoms with Gasteiger partial charge in [-0.05, 0) is 68.4 Å². The third-order valence-electron chi connectivity index (χ3n) is 4.35. The molecule has 0 saturated heterocycles. The number of thiocarbonyl (C=S) groups is 1. The van der Waals surface area contributed by atoms with Crippen molar-refractivity contribution in [3.05, 3.63) is 58.6 Å². The summed E-state index contributed by atoms with van der Waals surface area (Å²) in [5.74, 6) is 0.782. The van der Waals surface area contributed by atoms with Crippen LogP contribution in [0.4, 0.5) is 18.9 Å². The fourth-order valence-electron chi connectivity index (χ4n) is 2.88. The van der Waals surface area contributed by atoms with Crippen molar-refractivity contribution >= 4 is 34.6 Å². The molecule has 0 heterocycles. The molecule has 152 valence electrons.